The van der Waals surface area contributed by atoms with E-state index in [1.54, 1.807) is 22.7 Å². The number of ether oxygens (including phenoxy) is 1. The SMILES string of the molecule is CCCCCCCCCCOc1ccc(-c2nnc(-c3ccc(C)s3)s2)cc1. The maximum absolute atomic E-state index is 5.89. The highest BCUT2D eigenvalue weighted by Crippen LogP contribution is 2.34. The van der Waals surface area contributed by atoms with Crippen LogP contribution >= 0.6 is 22.7 Å². The lowest BCUT2D eigenvalue weighted by atomic mass is 10.1. The van der Waals surface area contributed by atoms with Crippen LogP contribution in [0.5, 0.6) is 5.75 Å². The molecule has 0 saturated heterocycles. The molecule has 0 aliphatic heterocycles. The molecule has 3 nitrogen and oxygen atoms in total. The third kappa shape index (κ3) is 6.42. The highest BCUT2D eigenvalue weighted by molar-refractivity contribution is 7.23. The summed E-state index contributed by atoms with van der Waals surface area (Å²) in [5, 5.41) is 10.6. The Morgan fingerprint density at radius 2 is 1.43 bits per heavy atom. The van der Waals surface area contributed by atoms with Gasteiger partial charge in [0.05, 0.1) is 11.5 Å². The first-order chi connectivity index (χ1) is 13.8. The second kappa shape index (κ2) is 11.3. The van der Waals surface area contributed by atoms with Gasteiger partial charge in [-0.3, -0.25) is 0 Å². The Balaban J connectivity index is 1.40. The minimum Gasteiger partial charge on any atom is -0.494 e. The van der Waals surface area contributed by atoms with Crippen molar-refractivity contribution >= 4 is 22.7 Å². The van der Waals surface area contributed by atoms with E-state index >= 15 is 0 Å². The zero-order valence-electron chi connectivity index (χ0n) is 16.9. The molecule has 0 aliphatic carbocycles. The van der Waals surface area contributed by atoms with Crippen LogP contribution < -0.4 is 4.74 Å². The van der Waals surface area contributed by atoms with Gasteiger partial charge in [0, 0.05) is 10.4 Å². The summed E-state index contributed by atoms with van der Waals surface area (Å²) in [6, 6.07) is 12.5. The predicted octanol–water partition coefficient (Wildman–Crippen LogP) is 7.76. The summed E-state index contributed by atoms with van der Waals surface area (Å²) in [6.07, 6.45) is 10.6. The van der Waals surface area contributed by atoms with E-state index in [2.05, 4.69) is 48.3 Å². The van der Waals surface area contributed by atoms with E-state index in [4.69, 9.17) is 4.74 Å². The zero-order chi connectivity index (χ0) is 19.6. The molecule has 0 amide bonds. The molecule has 3 aromatic rings. The van der Waals surface area contributed by atoms with Crippen molar-refractivity contribution in [2.45, 2.75) is 65.2 Å². The summed E-state index contributed by atoms with van der Waals surface area (Å²) in [5.41, 5.74) is 1.09. The normalized spacial score (nSPS) is 11.1. The molecule has 0 atom stereocenters. The molecule has 150 valence electrons. The summed E-state index contributed by atoms with van der Waals surface area (Å²) in [7, 11) is 0. The van der Waals surface area contributed by atoms with Gasteiger partial charge in [0.25, 0.3) is 0 Å². The topological polar surface area (TPSA) is 35.0 Å². The highest BCUT2D eigenvalue weighted by Gasteiger charge is 2.10. The number of benzene rings is 1. The number of thiophene rings is 1. The minimum absolute atomic E-state index is 0.801. The molecule has 2 heterocycles. The van der Waals surface area contributed by atoms with Gasteiger partial charge in [-0.15, -0.1) is 21.5 Å². The zero-order valence-corrected chi connectivity index (χ0v) is 18.6. The van der Waals surface area contributed by atoms with Gasteiger partial charge in [0.1, 0.15) is 10.8 Å². The van der Waals surface area contributed by atoms with Crippen LogP contribution in [0, 0.1) is 6.92 Å². The first-order valence-electron chi connectivity index (χ1n) is 10.4. The van der Waals surface area contributed by atoms with Crippen molar-refractivity contribution in [1.82, 2.24) is 10.2 Å². The molecule has 0 bridgehead atoms. The van der Waals surface area contributed by atoms with Crippen LogP contribution in [0.2, 0.25) is 0 Å². The average Bonchev–Trinajstić information content (AvgIpc) is 3.36. The first-order valence-corrected chi connectivity index (χ1v) is 12.0. The fourth-order valence-electron chi connectivity index (χ4n) is 3.11. The molecule has 28 heavy (non-hydrogen) atoms. The predicted molar refractivity (Wildman–Crippen MR) is 122 cm³/mol. The van der Waals surface area contributed by atoms with Gasteiger partial charge in [-0.05, 0) is 49.7 Å². The fourth-order valence-corrected chi connectivity index (χ4v) is 4.87. The molecule has 0 aliphatic rings. The van der Waals surface area contributed by atoms with Crippen LogP contribution in [0.15, 0.2) is 36.4 Å². The van der Waals surface area contributed by atoms with Crippen molar-refractivity contribution in [3.05, 3.63) is 41.3 Å². The van der Waals surface area contributed by atoms with E-state index < -0.39 is 0 Å². The van der Waals surface area contributed by atoms with E-state index in [9.17, 15) is 0 Å². The Morgan fingerprint density at radius 1 is 0.750 bits per heavy atom. The lowest BCUT2D eigenvalue weighted by molar-refractivity contribution is 0.304. The average molecular weight is 415 g/mol. The Bertz CT molecular complexity index is 823. The number of hydrogen-bond acceptors (Lipinski definition) is 5. The van der Waals surface area contributed by atoms with Crippen molar-refractivity contribution in [2.75, 3.05) is 6.61 Å². The number of hydrogen-bond donors (Lipinski definition) is 0. The molecule has 0 radical (unpaired) electrons. The molecular weight excluding hydrogens is 384 g/mol. The van der Waals surface area contributed by atoms with Gasteiger partial charge in [-0.1, -0.05) is 63.2 Å². The lowest BCUT2D eigenvalue weighted by Crippen LogP contribution is -1.97. The summed E-state index contributed by atoms with van der Waals surface area (Å²) in [6.45, 7) is 5.18. The van der Waals surface area contributed by atoms with Crippen LogP contribution in [0.4, 0.5) is 0 Å². The van der Waals surface area contributed by atoms with E-state index in [-0.39, 0.29) is 0 Å². The second-order valence-electron chi connectivity index (χ2n) is 7.17. The Hall–Kier alpha value is -1.72. The quantitative estimate of drug-likeness (QED) is 0.284. The fraction of sp³-hybridized carbons (Fsp3) is 0.478. The molecule has 0 fully saturated rings. The summed E-state index contributed by atoms with van der Waals surface area (Å²) < 4.78 is 5.89. The van der Waals surface area contributed by atoms with E-state index in [1.807, 2.05) is 12.1 Å². The standard InChI is InChI=1S/C23H30N2OS2/c1-3-4-5-6-7-8-9-10-17-26-20-14-12-19(13-15-20)22-24-25-23(28-22)21-16-11-18(2)27-21/h11-16H,3-10,17H2,1-2H3. The Labute approximate surface area is 176 Å². The van der Waals surface area contributed by atoms with Crippen molar-refractivity contribution in [3.63, 3.8) is 0 Å². The number of unbranched alkanes of at least 4 members (excludes halogenated alkanes) is 7. The van der Waals surface area contributed by atoms with Crippen LogP contribution in [0.3, 0.4) is 0 Å². The van der Waals surface area contributed by atoms with Crippen LogP contribution in [0.1, 0.15) is 63.2 Å². The van der Waals surface area contributed by atoms with Crippen molar-refractivity contribution in [3.8, 4) is 26.2 Å². The van der Waals surface area contributed by atoms with Crippen LogP contribution in [-0.2, 0) is 0 Å². The third-order valence-corrected chi connectivity index (χ3v) is 6.89. The van der Waals surface area contributed by atoms with Crippen molar-refractivity contribution in [2.24, 2.45) is 0 Å². The molecular formula is C23H30N2OS2. The largest absolute Gasteiger partial charge is 0.494 e. The molecule has 3 rings (SSSR count). The van der Waals surface area contributed by atoms with E-state index in [0.29, 0.717) is 0 Å². The Morgan fingerprint density at radius 3 is 2.11 bits per heavy atom. The molecule has 2 aromatic heterocycles. The molecule has 0 unspecified atom stereocenters. The van der Waals surface area contributed by atoms with Gasteiger partial charge in [-0.2, -0.15) is 0 Å². The van der Waals surface area contributed by atoms with Gasteiger partial charge < -0.3 is 4.74 Å². The number of aromatic nitrogens is 2. The highest BCUT2D eigenvalue weighted by atomic mass is 32.1. The number of rotatable bonds is 12. The van der Waals surface area contributed by atoms with Gasteiger partial charge in [-0.25, -0.2) is 0 Å². The smallest absolute Gasteiger partial charge is 0.158 e. The maximum Gasteiger partial charge on any atom is 0.158 e. The summed E-state index contributed by atoms with van der Waals surface area (Å²) in [5.74, 6) is 0.935. The molecule has 0 spiro atoms. The molecule has 0 N–H and O–H groups in total. The number of nitrogens with zero attached hydrogens (tertiary/aromatic N) is 2. The monoisotopic (exact) mass is 414 g/mol. The number of aryl methyl sites for hydroxylation is 1. The van der Waals surface area contributed by atoms with E-state index in [1.165, 1.54) is 54.7 Å². The lowest BCUT2D eigenvalue weighted by Gasteiger charge is -2.06. The van der Waals surface area contributed by atoms with Crippen molar-refractivity contribution in [1.29, 1.82) is 0 Å². The van der Waals surface area contributed by atoms with Gasteiger partial charge >= 0.3 is 0 Å². The first kappa shape index (κ1) is 21.0. The molecule has 1 aromatic carbocycles. The Kier molecular flexibility index (Phi) is 8.49. The summed E-state index contributed by atoms with van der Waals surface area (Å²) >= 11 is 3.40. The van der Waals surface area contributed by atoms with Gasteiger partial charge in [0.15, 0.2) is 5.01 Å². The maximum atomic E-state index is 5.89. The van der Waals surface area contributed by atoms with Gasteiger partial charge in [0.2, 0.25) is 0 Å². The molecule has 0 saturated carbocycles. The summed E-state index contributed by atoms with van der Waals surface area (Å²) in [4.78, 5) is 2.48. The third-order valence-electron chi connectivity index (χ3n) is 4.74. The van der Waals surface area contributed by atoms with Crippen LogP contribution in [-0.4, -0.2) is 16.8 Å². The molecule has 5 heteroatoms. The van der Waals surface area contributed by atoms with Crippen molar-refractivity contribution < 1.29 is 4.74 Å². The second-order valence-corrected chi connectivity index (χ2v) is 9.44. The van der Waals surface area contributed by atoms with E-state index in [0.717, 1.165) is 34.4 Å². The van der Waals surface area contributed by atoms with Crippen LogP contribution in [0.25, 0.3) is 20.5 Å². The minimum atomic E-state index is 0.801.